The monoisotopic (exact) mass is 307 g/mol. The number of nitrogens with one attached hydrogen (secondary N) is 1. The van der Waals surface area contributed by atoms with Crippen LogP contribution in [-0.4, -0.2) is 28.3 Å². The maximum Gasteiger partial charge on any atom is 0.335 e. The van der Waals surface area contributed by atoms with Crippen LogP contribution in [0.2, 0.25) is 0 Å². The van der Waals surface area contributed by atoms with Gasteiger partial charge in [-0.3, -0.25) is 4.79 Å². The minimum atomic E-state index is -0.947. The maximum absolute atomic E-state index is 12.2. The predicted octanol–water partition coefficient (Wildman–Crippen LogP) is 3.31. The molecule has 1 saturated carbocycles. The number of carbonyl (C=O) groups excluding carboxylic acids is 1. The van der Waals surface area contributed by atoms with E-state index in [9.17, 15) is 9.59 Å². The lowest BCUT2D eigenvalue weighted by molar-refractivity contribution is -0.121. The van der Waals surface area contributed by atoms with E-state index in [0.717, 1.165) is 17.7 Å². The van der Waals surface area contributed by atoms with Gasteiger partial charge in [0.1, 0.15) is 0 Å². The summed E-state index contributed by atoms with van der Waals surface area (Å²) in [5, 5.41) is 11.9. The molecule has 0 bridgehead atoms. The molecule has 1 aliphatic rings. The first kappa shape index (κ1) is 15.9. The standard InChI is InChI=1S/C16H21NO3S/c1-11(15(18)17-13-7-3-2-4-8-13)21-14-9-5-6-12(10-14)16(19)20/h5-6,9-11,13H,2-4,7-8H2,1H3,(H,17,18)(H,19,20). The summed E-state index contributed by atoms with van der Waals surface area (Å²) in [4.78, 5) is 23.9. The van der Waals surface area contributed by atoms with E-state index in [1.807, 2.05) is 13.0 Å². The summed E-state index contributed by atoms with van der Waals surface area (Å²) in [5.74, 6) is -0.913. The van der Waals surface area contributed by atoms with E-state index in [1.54, 1.807) is 18.2 Å². The highest BCUT2D eigenvalue weighted by Gasteiger charge is 2.20. The minimum absolute atomic E-state index is 0.0348. The number of hydrogen-bond acceptors (Lipinski definition) is 3. The van der Waals surface area contributed by atoms with Crippen LogP contribution in [0.3, 0.4) is 0 Å². The van der Waals surface area contributed by atoms with Crippen LogP contribution in [0.5, 0.6) is 0 Å². The molecule has 1 aliphatic carbocycles. The summed E-state index contributed by atoms with van der Waals surface area (Å²) in [7, 11) is 0. The third-order valence-electron chi connectivity index (χ3n) is 3.71. The van der Waals surface area contributed by atoms with Crippen molar-refractivity contribution in [1.29, 1.82) is 0 Å². The molecule has 1 aromatic rings. The van der Waals surface area contributed by atoms with E-state index in [4.69, 9.17) is 5.11 Å². The summed E-state index contributed by atoms with van der Waals surface area (Å²) in [6.45, 7) is 1.86. The van der Waals surface area contributed by atoms with Gasteiger partial charge in [0.15, 0.2) is 0 Å². The Hall–Kier alpha value is -1.49. The Labute approximate surface area is 129 Å². The summed E-state index contributed by atoms with van der Waals surface area (Å²) < 4.78 is 0. The third-order valence-corrected chi connectivity index (χ3v) is 4.81. The Morgan fingerprint density at radius 3 is 2.67 bits per heavy atom. The average molecular weight is 307 g/mol. The van der Waals surface area contributed by atoms with Crippen LogP contribution in [0.4, 0.5) is 0 Å². The fourth-order valence-corrected chi connectivity index (χ4v) is 3.46. The van der Waals surface area contributed by atoms with Gasteiger partial charge in [-0.15, -0.1) is 11.8 Å². The molecule has 4 nitrogen and oxygen atoms in total. The van der Waals surface area contributed by atoms with E-state index in [2.05, 4.69) is 5.32 Å². The zero-order valence-corrected chi connectivity index (χ0v) is 13.0. The van der Waals surface area contributed by atoms with E-state index in [0.29, 0.717) is 6.04 Å². The maximum atomic E-state index is 12.2. The molecular formula is C16H21NO3S. The molecule has 1 unspecified atom stereocenters. The van der Waals surface area contributed by atoms with E-state index < -0.39 is 5.97 Å². The molecule has 21 heavy (non-hydrogen) atoms. The fraction of sp³-hybridized carbons (Fsp3) is 0.500. The van der Waals surface area contributed by atoms with Crippen LogP contribution < -0.4 is 5.32 Å². The lowest BCUT2D eigenvalue weighted by Crippen LogP contribution is -2.40. The van der Waals surface area contributed by atoms with Crippen LogP contribution in [0.25, 0.3) is 0 Å². The highest BCUT2D eigenvalue weighted by Crippen LogP contribution is 2.25. The van der Waals surface area contributed by atoms with Gasteiger partial charge in [0.25, 0.3) is 0 Å². The molecule has 0 aromatic heterocycles. The summed E-state index contributed by atoms with van der Waals surface area (Å²) in [6, 6.07) is 7.01. The Morgan fingerprint density at radius 2 is 2.00 bits per heavy atom. The van der Waals surface area contributed by atoms with Crippen molar-refractivity contribution in [2.75, 3.05) is 0 Å². The SMILES string of the molecule is CC(Sc1cccc(C(=O)O)c1)C(=O)NC1CCCCC1. The second-order valence-corrected chi connectivity index (χ2v) is 6.85. The molecule has 5 heteroatoms. The molecule has 2 N–H and O–H groups in total. The Kier molecular flexibility index (Phi) is 5.67. The fourth-order valence-electron chi connectivity index (χ4n) is 2.53. The van der Waals surface area contributed by atoms with Crippen molar-refractivity contribution >= 4 is 23.6 Å². The molecule has 0 heterocycles. The predicted molar refractivity (Wildman–Crippen MR) is 83.7 cm³/mol. The van der Waals surface area contributed by atoms with Crippen molar-refractivity contribution in [2.24, 2.45) is 0 Å². The molecule has 2 rings (SSSR count). The second kappa shape index (κ2) is 7.50. The molecule has 0 spiro atoms. The second-order valence-electron chi connectivity index (χ2n) is 5.44. The number of rotatable bonds is 5. The largest absolute Gasteiger partial charge is 0.478 e. The molecular weight excluding hydrogens is 286 g/mol. The van der Waals surface area contributed by atoms with Gasteiger partial charge in [-0.05, 0) is 38.0 Å². The van der Waals surface area contributed by atoms with E-state index >= 15 is 0 Å². The minimum Gasteiger partial charge on any atom is -0.478 e. The van der Waals surface area contributed by atoms with Crippen molar-refractivity contribution in [3.8, 4) is 0 Å². The average Bonchev–Trinajstić information content (AvgIpc) is 2.48. The van der Waals surface area contributed by atoms with Gasteiger partial charge in [-0.25, -0.2) is 4.79 Å². The topological polar surface area (TPSA) is 66.4 Å². The van der Waals surface area contributed by atoms with Crippen LogP contribution >= 0.6 is 11.8 Å². The highest BCUT2D eigenvalue weighted by atomic mass is 32.2. The van der Waals surface area contributed by atoms with Gasteiger partial charge < -0.3 is 10.4 Å². The quantitative estimate of drug-likeness (QED) is 0.819. The first-order valence-corrected chi connectivity index (χ1v) is 8.24. The van der Waals surface area contributed by atoms with Crippen molar-refractivity contribution in [2.45, 2.75) is 55.2 Å². The number of amides is 1. The number of carboxylic acid groups (broad SMARTS) is 1. The molecule has 1 aromatic carbocycles. The molecule has 1 amide bonds. The number of thioether (sulfide) groups is 1. The summed E-state index contributed by atoms with van der Waals surface area (Å²) in [5.41, 5.74) is 0.250. The normalized spacial score (nSPS) is 17.2. The number of aromatic carboxylic acids is 1. The van der Waals surface area contributed by atoms with Crippen molar-refractivity contribution < 1.29 is 14.7 Å². The zero-order chi connectivity index (χ0) is 15.2. The van der Waals surface area contributed by atoms with E-state index in [1.165, 1.54) is 31.0 Å². The first-order valence-electron chi connectivity index (χ1n) is 7.36. The molecule has 114 valence electrons. The highest BCUT2D eigenvalue weighted by molar-refractivity contribution is 8.00. The molecule has 1 atom stereocenters. The Bertz CT molecular complexity index is 512. The van der Waals surface area contributed by atoms with Crippen molar-refractivity contribution in [3.05, 3.63) is 29.8 Å². The third kappa shape index (κ3) is 4.77. The van der Waals surface area contributed by atoms with Gasteiger partial charge in [0, 0.05) is 10.9 Å². The first-order chi connectivity index (χ1) is 10.1. The smallest absolute Gasteiger partial charge is 0.335 e. The molecule has 0 radical (unpaired) electrons. The molecule has 0 saturated heterocycles. The number of carbonyl (C=O) groups is 2. The van der Waals surface area contributed by atoms with Gasteiger partial charge in [0.05, 0.1) is 10.8 Å². The van der Waals surface area contributed by atoms with Crippen LogP contribution in [0, 0.1) is 0 Å². The van der Waals surface area contributed by atoms with Gasteiger partial charge >= 0.3 is 5.97 Å². The van der Waals surface area contributed by atoms with Gasteiger partial charge in [0.2, 0.25) is 5.91 Å². The summed E-state index contributed by atoms with van der Waals surface area (Å²) in [6.07, 6.45) is 5.77. The van der Waals surface area contributed by atoms with Crippen molar-refractivity contribution in [3.63, 3.8) is 0 Å². The van der Waals surface area contributed by atoms with Gasteiger partial charge in [-0.1, -0.05) is 25.3 Å². The zero-order valence-electron chi connectivity index (χ0n) is 12.2. The number of hydrogen-bond donors (Lipinski definition) is 2. The van der Waals surface area contributed by atoms with Crippen LogP contribution in [0.1, 0.15) is 49.4 Å². The Morgan fingerprint density at radius 1 is 1.29 bits per heavy atom. The van der Waals surface area contributed by atoms with Crippen LogP contribution in [0.15, 0.2) is 29.2 Å². The Balaban J connectivity index is 1.90. The molecule has 0 aliphatic heterocycles. The lowest BCUT2D eigenvalue weighted by Gasteiger charge is -2.24. The van der Waals surface area contributed by atoms with Gasteiger partial charge in [-0.2, -0.15) is 0 Å². The molecule has 1 fully saturated rings. The number of carboxylic acids is 1. The van der Waals surface area contributed by atoms with Crippen LogP contribution in [-0.2, 0) is 4.79 Å². The number of benzene rings is 1. The summed E-state index contributed by atoms with van der Waals surface area (Å²) >= 11 is 1.40. The van der Waals surface area contributed by atoms with E-state index in [-0.39, 0.29) is 16.7 Å². The lowest BCUT2D eigenvalue weighted by atomic mass is 9.95. The van der Waals surface area contributed by atoms with Crippen molar-refractivity contribution in [1.82, 2.24) is 5.32 Å².